The van der Waals surface area contributed by atoms with Crippen LogP contribution in [0.15, 0.2) is 0 Å². The Morgan fingerprint density at radius 2 is 2.20 bits per heavy atom. The zero-order valence-electron chi connectivity index (χ0n) is 6.26. The third-order valence-corrected chi connectivity index (χ3v) is 1.61. The molecule has 4 nitrogen and oxygen atoms in total. The summed E-state index contributed by atoms with van der Waals surface area (Å²) in [5.41, 5.74) is 2.81. The van der Waals surface area contributed by atoms with Gasteiger partial charge in [-0.2, -0.15) is 0 Å². The van der Waals surface area contributed by atoms with E-state index in [2.05, 4.69) is 5.73 Å². The Morgan fingerprint density at radius 1 is 1.80 bits per heavy atom. The van der Waals surface area contributed by atoms with Gasteiger partial charge in [-0.1, -0.05) is 13.8 Å². The van der Waals surface area contributed by atoms with Crippen molar-refractivity contribution in [2.75, 3.05) is 6.54 Å². The molecule has 1 atom stereocenters. The van der Waals surface area contributed by atoms with Crippen LogP contribution in [-0.4, -0.2) is 23.7 Å². The topological polar surface area (TPSA) is 88.0 Å². The standard InChI is InChI=1S/C6H13NO3/c1-6(2,3-7)4(8)5(9)10/h4,8H,3,7H2,1-2H3,(H,9,10)/t4-/m1/s1. The summed E-state index contributed by atoms with van der Waals surface area (Å²) in [6, 6.07) is 0. The van der Waals surface area contributed by atoms with Gasteiger partial charge in [0.1, 0.15) is 6.10 Å². The molecule has 0 spiro atoms. The summed E-state index contributed by atoms with van der Waals surface area (Å²) >= 11 is 0. The van der Waals surface area contributed by atoms with Crippen LogP contribution in [0.25, 0.3) is 0 Å². The average molecular weight is 147 g/mol. The third-order valence-electron chi connectivity index (χ3n) is 1.61. The van der Waals surface area contributed by atoms with Crippen LogP contribution < -0.4 is 10.8 Å². The fourth-order valence-corrected chi connectivity index (χ4v) is 0.456. The quantitative estimate of drug-likeness (QED) is 0.457. The van der Waals surface area contributed by atoms with Gasteiger partial charge >= 0.3 is 0 Å². The van der Waals surface area contributed by atoms with Gasteiger partial charge < -0.3 is 20.7 Å². The molecule has 0 saturated heterocycles. The molecular formula is C6H13NO3. The Morgan fingerprint density at radius 3 is 2.30 bits per heavy atom. The highest BCUT2D eigenvalue weighted by Crippen LogP contribution is 2.16. The van der Waals surface area contributed by atoms with Crippen molar-refractivity contribution in [2.24, 2.45) is 5.41 Å². The van der Waals surface area contributed by atoms with Crippen LogP contribution in [0, 0.1) is 5.41 Å². The molecule has 0 saturated carbocycles. The minimum Gasteiger partial charge on any atom is -0.547 e. The molecule has 0 aliphatic rings. The fraction of sp³-hybridized carbons (Fsp3) is 0.833. The lowest BCUT2D eigenvalue weighted by molar-refractivity contribution is -0.399. The first-order valence-corrected chi connectivity index (χ1v) is 3.10. The molecule has 4 heteroatoms. The summed E-state index contributed by atoms with van der Waals surface area (Å²) in [5.74, 6) is -1.44. The predicted molar refractivity (Wildman–Crippen MR) is 32.5 cm³/mol. The van der Waals surface area contributed by atoms with Gasteiger partial charge in [0.2, 0.25) is 0 Å². The number of aliphatic hydroxyl groups is 1. The van der Waals surface area contributed by atoms with E-state index in [0.717, 1.165) is 0 Å². The van der Waals surface area contributed by atoms with Crippen molar-refractivity contribution in [3.8, 4) is 0 Å². The number of carbonyl (C=O) groups excluding carboxylic acids is 1. The molecule has 0 unspecified atom stereocenters. The van der Waals surface area contributed by atoms with Crippen molar-refractivity contribution in [1.82, 2.24) is 0 Å². The third kappa shape index (κ3) is 1.97. The molecule has 0 aromatic carbocycles. The highest BCUT2D eigenvalue weighted by Gasteiger charge is 2.28. The second-order valence-corrected chi connectivity index (χ2v) is 2.96. The lowest BCUT2D eigenvalue weighted by atomic mass is 9.87. The van der Waals surface area contributed by atoms with Crippen LogP contribution >= 0.6 is 0 Å². The molecule has 0 rings (SSSR count). The van der Waals surface area contributed by atoms with Crippen molar-refractivity contribution in [3.63, 3.8) is 0 Å². The number of hydrogen-bond donors (Lipinski definition) is 2. The number of hydrogen-bond acceptors (Lipinski definition) is 3. The van der Waals surface area contributed by atoms with E-state index in [-0.39, 0.29) is 0 Å². The van der Waals surface area contributed by atoms with E-state index >= 15 is 0 Å². The molecule has 10 heavy (non-hydrogen) atoms. The van der Waals surface area contributed by atoms with Crippen LogP contribution in [0.5, 0.6) is 0 Å². The Labute approximate surface area is 59.7 Å². The molecule has 4 N–H and O–H groups in total. The fourth-order valence-electron chi connectivity index (χ4n) is 0.456. The highest BCUT2D eigenvalue weighted by molar-refractivity contribution is 5.70. The SMILES string of the molecule is CC(C)(C[NH3+])[C@H](O)C(=O)[O-]. The maximum Gasteiger partial charge on any atom is 0.104 e. The van der Waals surface area contributed by atoms with Crippen molar-refractivity contribution in [2.45, 2.75) is 20.0 Å². The minimum atomic E-state index is -1.44. The Bertz CT molecular complexity index is 133. The summed E-state index contributed by atoms with van der Waals surface area (Å²) in [6.45, 7) is 3.61. The molecule has 0 aliphatic heterocycles. The average Bonchev–Trinajstić information content (AvgIpc) is 1.86. The summed E-state index contributed by atoms with van der Waals surface area (Å²) in [6.07, 6.45) is -1.43. The number of carboxylic acids is 1. The summed E-state index contributed by atoms with van der Waals surface area (Å²) in [7, 11) is 0. The lowest BCUT2D eigenvalue weighted by Gasteiger charge is -2.27. The monoisotopic (exact) mass is 147 g/mol. The normalized spacial score (nSPS) is 14.8. The summed E-state index contributed by atoms with van der Waals surface area (Å²) < 4.78 is 0. The van der Waals surface area contributed by atoms with Crippen LogP contribution in [0.2, 0.25) is 0 Å². The lowest BCUT2D eigenvalue weighted by Crippen LogP contribution is -2.62. The van der Waals surface area contributed by atoms with E-state index < -0.39 is 17.5 Å². The van der Waals surface area contributed by atoms with E-state index in [0.29, 0.717) is 6.54 Å². The number of carboxylic acid groups (broad SMARTS) is 1. The molecule has 60 valence electrons. The van der Waals surface area contributed by atoms with E-state index in [4.69, 9.17) is 5.11 Å². The van der Waals surface area contributed by atoms with Crippen molar-refractivity contribution >= 4 is 5.97 Å². The first-order chi connectivity index (χ1) is 4.41. The van der Waals surface area contributed by atoms with Crippen LogP contribution in [0.4, 0.5) is 0 Å². The second kappa shape index (κ2) is 2.98. The summed E-state index contributed by atoms with van der Waals surface area (Å²) in [5, 5.41) is 19.1. The molecule has 0 aliphatic carbocycles. The number of rotatable bonds is 3. The maximum absolute atomic E-state index is 10.1. The first-order valence-electron chi connectivity index (χ1n) is 3.10. The van der Waals surface area contributed by atoms with Gasteiger partial charge in [-0.25, -0.2) is 0 Å². The van der Waals surface area contributed by atoms with Crippen molar-refractivity contribution in [3.05, 3.63) is 0 Å². The van der Waals surface area contributed by atoms with Crippen LogP contribution in [0.1, 0.15) is 13.8 Å². The predicted octanol–water partition coefficient (Wildman–Crippen LogP) is -2.63. The van der Waals surface area contributed by atoms with Crippen LogP contribution in [0.3, 0.4) is 0 Å². The smallest absolute Gasteiger partial charge is 0.104 e. The molecule has 0 bridgehead atoms. The number of quaternary nitrogens is 1. The van der Waals surface area contributed by atoms with E-state index in [9.17, 15) is 9.90 Å². The maximum atomic E-state index is 10.1. The van der Waals surface area contributed by atoms with Crippen molar-refractivity contribution in [1.29, 1.82) is 0 Å². The Kier molecular flexibility index (Phi) is 2.80. The van der Waals surface area contributed by atoms with Gasteiger partial charge in [-0.05, 0) is 0 Å². The number of carbonyl (C=O) groups is 1. The molecule has 0 fully saturated rings. The number of aliphatic hydroxyl groups excluding tert-OH is 1. The Hall–Kier alpha value is -0.610. The molecule has 0 radical (unpaired) electrons. The summed E-state index contributed by atoms with van der Waals surface area (Å²) in [4.78, 5) is 10.1. The van der Waals surface area contributed by atoms with Gasteiger partial charge in [-0.3, -0.25) is 0 Å². The molecule has 0 amide bonds. The zero-order chi connectivity index (χ0) is 8.36. The van der Waals surface area contributed by atoms with Gasteiger partial charge in [0, 0.05) is 5.41 Å². The molecule has 0 heterocycles. The van der Waals surface area contributed by atoms with E-state index in [1.54, 1.807) is 13.8 Å². The van der Waals surface area contributed by atoms with Crippen molar-refractivity contribution < 1.29 is 20.7 Å². The van der Waals surface area contributed by atoms with Gasteiger partial charge in [0.15, 0.2) is 0 Å². The van der Waals surface area contributed by atoms with Gasteiger partial charge in [0.05, 0.1) is 12.5 Å². The first kappa shape index (κ1) is 9.39. The molecular weight excluding hydrogens is 134 g/mol. The van der Waals surface area contributed by atoms with E-state index in [1.165, 1.54) is 0 Å². The molecule has 0 aromatic rings. The van der Waals surface area contributed by atoms with Gasteiger partial charge in [-0.15, -0.1) is 0 Å². The number of aliphatic carboxylic acids is 1. The largest absolute Gasteiger partial charge is 0.547 e. The Balaban J connectivity index is 4.17. The zero-order valence-corrected chi connectivity index (χ0v) is 6.26. The van der Waals surface area contributed by atoms with E-state index in [1.807, 2.05) is 0 Å². The second-order valence-electron chi connectivity index (χ2n) is 2.96. The van der Waals surface area contributed by atoms with Crippen LogP contribution in [-0.2, 0) is 4.79 Å². The molecule has 0 aromatic heterocycles. The highest BCUT2D eigenvalue weighted by atomic mass is 16.4. The van der Waals surface area contributed by atoms with Gasteiger partial charge in [0.25, 0.3) is 0 Å². The minimum absolute atomic E-state index is 0.363.